The van der Waals surface area contributed by atoms with Gasteiger partial charge in [0.05, 0.1) is 0 Å². The second-order valence-corrected chi connectivity index (χ2v) is 2.48. The molecule has 0 heterocycles. The van der Waals surface area contributed by atoms with Crippen LogP contribution in [0.1, 0.15) is 13.8 Å². The summed E-state index contributed by atoms with van der Waals surface area (Å²) < 4.78 is 0. The van der Waals surface area contributed by atoms with Crippen LogP contribution in [0.2, 0.25) is 0 Å². The van der Waals surface area contributed by atoms with Gasteiger partial charge in [0.15, 0.2) is 5.96 Å². The topological polar surface area (TPSA) is 128 Å². The fourth-order valence-electron chi connectivity index (χ4n) is 0.327. The van der Waals surface area contributed by atoms with E-state index in [9.17, 15) is 9.59 Å². The molecule has 0 aliphatic heterocycles. The van der Waals surface area contributed by atoms with Gasteiger partial charge >= 0.3 is 12.0 Å². The van der Waals surface area contributed by atoms with E-state index in [0.717, 1.165) is 0 Å². The first kappa shape index (κ1) is 15.4. The Bertz CT molecular complexity index is 251. The minimum Gasteiger partial charge on any atom is -0.478 e. The highest BCUT2D eigenvalue weighted by atomic mass is 16.4. The van der Waals surface area contributed by atoms with Gasteiger partial charge in [0.25, 0.3) is 0 Å². The van der Waals surface area contributed by atoms with E-state index >= 15 is 0 Å². The molecule has 0 rings (SSSR count). The van der Waals surface area contributed by atoms with E-state index < -0.39 is 12.0 Å². The summed E-state index contributed by atoms with van der Waals surface area (Å²) in [5.74, 6) is -1.28. The summed E-state index contributed by atoms with van der Waals surface area (Å²) in [6.07, 6.45) is 0. The number of carbonyl (C=O) groups is 2. The number of hydrogen-bond acceptors (Lipinski definition) is 3. The van der Waals surface area contributed by atoms with Gasteiger partial charge < -0.3 is 16.2 Å². The summed E-state index contributed by atoms with van der Waals surface area (Å²) in [7, 11) is 0. The molecule has 6 N–H and O–H groups in total. The average Bonchev–Trinajstić information content (AvgIpc) is 2.03. The minimum atomic E-state index is -0.935. The molecule has 0 spiro atoms. The second kappa shape index (κ2) is 8.54. The fourth-order valence-corrected chi connectivity index (χ4v) is 0.327. The number of carboxylic acid groups (broad SMARTS) is 1. The Hall–Kier alpha value is -2.05. The Labute approximate surface area is 87.9 Å². The number of amides is 2. The highest BCUT2D eigenvalue weighted by Crippen LogP contribution is 1.81. The third kappa shape index (κ3) is 14.8. The molecule has 0 aromatic carbocycles. The van der Waals surface area contributed by atoms with Crippen molar-refractivity contribution in [2.24, 2.45) is 5.73 Å². The number of rotatable bonds is 2. The van der Waals surface area contributed by atoms with Crippen LogP contribution in [0.25, 0.3) is 0 Å². The molecule has 0 unspecified atom stereocenters. The molecule has 0 aliphatic carbocycles. The monoisotopic (exact) mass is 216 g/mol. The first-order valence-corrected chi connectivity index (χ1v) is 4.08. The molecule has 7 heteroatoms. The molecule has 15 heavy (non-hydrogen) atoms. The van der Waals surface area contributed by atoms with Gasteiger partial charge in [-0.05, 0) is 13.8 Å². The van der Waals surface area contributed by atoms with Crippen LogP contribution in [0.4, 0.5) is 4.79 Å². The van der Waals surface area contributed by atoms with Crippen LogP contribution in [0.5, 0.6) is 0 Å². The summed E-state index contributed by atoms with van der Waals surface area (Å²) in [5.41, 5.74) is 5.01. The quantitative estimate of drug-likeness (QED) is 0.249. The van der Waals surface area contributed by atoms with E-state index in [1.807, 2.05) is 0 Å². The molecule has 0 radical (unpaired) electrons. The molecule has 0 saturated carbocycles. The first-order chi connectivity index (χ1) is 6.81. The first-order valence-electron chi connectivity index (χ1n) is 4.08. The van der Waals surface area contributed by atoms with Crippen LogP contribution in [-0.2, 0) is 4.79 Å². The van der Waals surface area contributed by atoms with Crippen LogP contribution < -0.4 is 16.4 Å². The lowest BCUT2D eigenvalue weighted by Gasteiger charge is -2.00. The molecule has 0 fully saturated rings. The summed E-state index contributed by atoms with van der Waals surface area (Å²) >= 11 is 0. The van der Waals surface area contributed by atoms with E-state index in [2.05, 4.69) is 17.2 Å². The third-order valence-corrected chi connectivity index (χ3v) is 0.951. The number of nitrogens with one attached hydrogen (secondary N) is 3. The fraction of sp³-hybridized carbons (Fsp3) is 0.375. The lowest BCUT2D eigenvalue weighted by Crippen LogP contribution is -2.42. The molecule has 86 valence electrons. The molecule has 0 aromatic rings. The predicted molar refractivity (Wildman–Crippen MR) is 56.6 cm³/mol. The Balaban J connectivity index is 0. The largest absolute Gasteiger partial charge is 0.478 e. The van der Waals surface area contributed by atoms with Crippen molar-refractivity contribution in [1.82, 2.24) is 10.6 Å². The van der Waals surface area contributed by atoms with Gasteiger partial charge in [-0.3, -0.25) is 10.7 Å². The minimum absolute atomic E-state index is 0.176. The molecule has 0 aromatic heterocycles. The zero-order valence-corrected chi connectivity index (χ0v) is 8.76. The van der Waals surface area contributed by atoms with Crippen LogP contribution in [-0.4, -0.2) is 29.6 Å². The lowest BCUT2D eigenvalue weighted by molar-refractivity contribution is -0.132. The van der Waals surface area contributed by atoms with Crippen LogP contribution in [0.15, 0.2) is 12.2 Å². The number of hydrogen-bond donors (Lipinski definition) is 5. The van der Waals surface area contributed by atoms with Crippen LogP contribution in [0.3, 0.4) is 0 Å². The molecule has 7 nitrogen and oxygen atoms in total. The number of carboxylic acids is 1. The van der Waals surface area contributed by atoms with Crippen molar-refractivity contribution in [3.8, 4) is 0 Å². The molecule has 0 aliphatic rings. The Morgan fingerprint density at radius 2 is 1.93 bits per heavy atom. The number of carbonyl (C=O) groups excluding carboxylic acids is 1. The predicted octanol–water partition coefficient (Wildman–Crippen LogP) is -0.154. The Morgan fingerprint density at radius 3 is 2.13 bits per heavy atom. The van der Waals surface area contributed by atoms with E-state index in [1.54, 1.807) is 6.92 Å². The van der Waals surface area contributed by atoms with Crippen molar-refractivity contribution in [3.63, 3.8) is 0 Å². The van der Waals surface area contributed by atoms with Crippen molar-refractivity contribution >= 4 is 18.0 Å². The average molecular weight is 216 g/mol. The van der Waals surface area contributed by atoms with E-state index in [1.165, 1.54) is 6.92 Å². The van der Waals surface area contributed by atoms with Gasteiger partial charge in [0.1, 0.15) is 0 Å². The molecule has 0 bridgehead atoms. The Morgan fingerprint density at radius 1 is 1.53 bits per heavy atom. The normalized spacial score (nSPS) is 7.87. The maximum absolute atomic E-state index is 10.4. The highest BCUT2D eigenvalue weighted by Gasteiger charge is 1.95. The number of nitrogens with two attached hydrogens (primary N) is 1. The Kier molecular flexibility index (Phi) is 8.79. The standard InChI is InChI=1S/C4H10N4O.C4H6O2/c1-2-7-4(9)8-3(5)6;1-3(2)4(5)6/h2H2,1H3,(H5,5,6,7,8,9);1H2,2H3,(H,5,6). The van der Waals surface area contributed by atoms with E-state index in [4.69, 9.17) is 16.2 Å². The maximum atomic E-state index is 10.4. The van der Waals surface area contributed by atoms with Gasteiger partial charge in [-0.25, -0.2) is 9.59 Å². The van der Waals surface area contributed by atoms with Gasteiger partial charge in [0.2, 0.25) is 0 Å². The molecular weight excluding hydrogens is 200 g/mol. The van der Waals surface area contributed by atoms with Crippen LogP contribution >= 0.6 is 0 Å². The van der Waals surface area contributed by atoms with Crippen molar-refractivity contribution < 1.29 is 14.7 Å². The van der Waals surface area contributed by atoms with Crippen molar-refractivity contribution in [3.05, 3.63) is 12.2 Å². The molecule has 0 saturated heterocycles. The zero-order chi connectivity index (χ0) is 12.4. The lowest BCUT2D eigenvalue weighted by atomic mass is 10.4. The zero-order valence-electron chi connectivity index (χ0n) is 8.76. The molecule has 2 amide bonds. The van der Waals surface area contributed by atoms with Crippen LogP contribution in [0, 0.1) is 5.41 Å². The van der Waals surface area contributed by atoms with Crippen molar-refractivity contribution in [2.45, 2.75) is 13.8 Å². The third-order valence-electron chi connectivity index (χ3n) is 0.951. The summed E-state index contributed by atoms with van der Waals surface area (Å²) in [6.45, 7) is 6.91. The van der Waals surface area contributed by atoms with Gasteiger partial charge in [0, 0.05) is 12.1 Å². The SMILES string of the molecule is C=C(C)C(=O)O.CCNC(=O)NC(=N)N. The van der Waals surface area contributed by atoms with Gasteiger partial charge in [-0.15, -0.1) is 0 Å². The molecular formula is C8H16N4O3. The molecule has 0 atom stereocenters. The van der Waals surface area contributed by atoms with E-state index in [-0.39, 0.29) is 11.5 Å². The number of guanidine groups is 1. The maximum Gasteiger partial charge on any atom is 0.330 e. The van der Waals surface area contributed by atoms with Gasteiger partial charge in [-0.1, -0.05) is 6.58 Å². The number of aliphatic carboxylic acids is 1. The second-order valence-electron chi connectivity index (χ2n) is 2.48. The van der Waals surface area contributed by atoms with Gasteiger partial charge in [-0.2, -0.15) is 0 Å². The van der Waals surface area contributed by atoms with E-state index in [0.29, 0.717) is 6.54 Å². The van der Waals surface area contributed by atoms with Crippen molar-refractivity contribution in [2.75, 3.05) is 6.54 Å². The summed E-state index contributed by atoms with van der Waals surface area (Å²) in [5, 5.41) is 19.0. The number of urea groups is 1. The summed E-state index contributed by atoms with van der Waals surface area (Å²) in [6, 6.07) is -0.440. The highest BCUT2D eigenvalue weighted by molar-refractivity contribution is 5.93. The van der Waals surface area contributed by atoms with Crippen molar-refractivity contribution in [1.29, 1.82) is 5.41 Å². The summed E-state index contributed by atoms with van der Waals surface area (Å²) in [4.78, 5) is 20.0. The smallest absolute Gasteiger partial charge is 0.330 e.